The molecule has 0 aliphatic carbocycles. The van der Waals surface area contributed by atoms with Gasteiger partial charge in [0.1, 0.15) is 11.8 Å². The van der Waals surface area contributed by atoms with Crippen LogP contribution in [-0.4, -0.2) is 37.0 Å². The van der Waals surface area contributed by atoms with Gasteiger partial charge in [-0.15, -0.1) is 0 Å². The highest BCUT2D eigenvalue weighted by molar-refractivity contribution is 7.89. The highest BCUT2D eigenvalue weighted by atomic mass is 35.5. The van der Waals surface area contributed by atoms with Crippen LogP contribution in [0.2, 0.25) is 5.02 Å². The van der Waals surface area contributed by atoms with E-state index in [2.05, 4.69) is 0 Å². The van der Waals surface area contributed by atoms with E-state index in [0.29, 0.717) is 30.2 Å². The Bertz CT molecular complexity index is 694. The molecule has 0 radical (unpaired) electrons. The molecule has 5 nitrogen and oxygen atoms in total. The van der Waals surface area contributed by atoms with Gasteiger partial charge in [0.15, 0.2) is 0 Å². The fourth-order valence-electron chi connectivity index (χ4n) is 3.00. The van der Waals surface area contributed by atoms with Gasteiger partial charge >= 0.3 is 5.97 Å². The predicted molar refractivity (Wildman–Crippen MR) is 95.0 cm³/mol. The molecule has 1 fully saturated rings. The number of ether oxygens (including phenoxy) is 1. The van der Waals surface area contributed by atoms with Gasteiger partial charge in [0.25, 0.3) is 0 Å². The number of sulfonamides is 1. The number of carbonyl (C=O) groups excluding carboxylic acids is 1. The van der Waals surface area contributed by atoms with Crippen LogP contribution in [0.25, 0.3) is 0 Å². The van der Waals surface area contributed by atoms with E-state index in [1.165, 1.54) is 4.31 Å². The monoisotopic (exact) mass is 373 g/mol. The maximum absolute atomic E-state index is 12.6. The van der Waals surface area contributed by atoms with Crippen LogP contribution in [0.5, 0.6) is 5.75 Å². The van der Waals surface area contributed by atoms with Crippen molar-refractivity contribution in [2.24, 2.45) is 0 Å². The highest BCUT2D eigenvalue weighted by Gasteiger charge is 2.37. The normalized spacial score (nSPS) is 19.2. The van der Waals surface area contributed by atoms with Crippen LogP contribution in [0.15, 0.2) is 12.1 Å². The Labute approximate surface area is 149 Å². The molecule has 0 N–H and O–H groups in total. The third-order valence-corrected chi connectivity index (χ3v) is 6.85. The highest BCUT2D eigenvalue weighted by Crippen LogP contribution is 2.28. The second-order valence-electron chi connectivity index (χ2n) is 6.23. The van der Waals surface area contributed by atoms with Crippen molar-refractivity contribution in [1.29, 1.82) is 0 Å². The Morgan fingerprint density at radius 2 is 1.92 bits per heavy atom. The molecule has 134 valence electrons. The minimum atomic E-state index is -3.43. The van der Waals surface area contributed by atoms with Gasteiger partial charge in [-0.3, -0.25) is 0 Å². The minimum absolute atomic E-state index is 0.0515. The van der Waals surface area contributed by atoms with Crippen molar-refractivity contribution in [3.05, 3.63) is 28.3 Å². The number of piperidine rings is 1. The zero-order valence-electron chi connectivity index (χ0n) is 14.3. The van der Waals surface area contributed by atoms with Gasteiger partial charge in [-0.1, -0.05) is 18.5 Å². The van der Waals surface area contributed by atoms with E-state index in [1.54, 1.807) is 12.1 Å². The lowest BCUT2D eigenvalue weighted by Crippen LogP contribution is -2.50. The first-order valence-corrected chi connectivity index (χ1v) is 10.2. The first kappa shape index (κ1) is 19.2. The van der Waals surface area contributed by atoms with Crippen LogP contribution in [0, 0.1) is 13.8 Å². The first-order chi connectivity index (χ1) is 11.3. The summed E-state index contributed by atoms with van der Waals surface area (Å²) in [4.78, 5) is 12.6. The van der Waals surface area contributed by atoms with E-state index in [4.69, 9.17) is 16.3 Å². The standard InChI is InChI=1S/C17H24ClNO4S/c1-4-9-24(21,22)19-8-6-5-7-15(19)17(20)23-14-10-12(2)16(18)13(3)11-14/h10-11,15H,4-9H2,1-3H3. The Kier molecular flexibility index (Phi) is 6.28. The summed E-state index contributed by atoms with van der Waals surface area (Å²) in [5, 5.41) is 0.639. The molecule has 0 spiro atoms. The average molecular weight is 374 g/mol. The quantitative estimate of drug-likeness (QED) is 0.585. The summed E-state index contributed by atoms with van der Waals surface area (Å²) < 4.78 is 31.6. The maximum atomic E-state index is 12.6. The van der Waals surface area contributed by atoms with Gasteiger partial charge < -0.3 is 4.74 Å². The van der Waals surface area contributed by atoms with Crippen LogP contribution >= 0.6 is 11.6 Å². The van der Waals surface area contributed by atoms with Crippen molar-refractivity contribution in [2.45, 2.75) is 52.5 Å². The van der Waals surface area contributed by atoms with E-state index >= 15 is 0 Å². The Balaban J connectivity index is 2.20. The lowest BCUT2D eigenvalue weighted by atomic mass is 10.1. The van der Waals surface area contributed by atoms with Crippen LogP contribution < -0.4 is 4.74 Å². The summed E-state index contributed by atoms with van der Waals surface area (Å²) in [6, 6.07) is 2.65. The molecule has 0 aromatic heterocycles. The molecule has 0 bridgehead atoms. The number of hydrogen-bond acceptors (Lipinski definition) is 4. The topological polar surface area (TPSA) is 63.7 Å². The van der Waals surface area contributed by atoms with Crippen LogP contribution in [-0.2, 0) is 14.8 Å². The second-order valence-corrected chi connectivity index (χ2v) is 8.65. The number of rotatable bonds is 5. The van der Waals surface area contributed by atoms with Gasteiger partial charge in [0.05, 0.1) is 5.75 Å². The average Bonchev–Trinajstić information content (AvgIpc) is 2.52. The molecule has 1 aromatic rings. The minimum Gasteiger partial charge on any atom is -0.425 e. The summed E-state index contributed by atoms with van der Waals surface area (Å²) in [6.45, 7) is 5.87. The van der Waals surface area contributed by atoms with Crippen molar-refractivity contribution >= 4 is 27.6 Å². The third kappa shape index (κ3) is 4.29. The molecule has 7 heteroatoms. The van der Waals surface area contributed by atoms with Crippen molar-refractivity contribution in [2.75, 3.05) is 12.3 Å². The summed E-state index contributed by atoms with van der Waals surface area (Å²) in [6.07, 6.45) is 2.60. The summed E-state index contributed by atoms with van der Waals surface area (Å²) >= 11 is 6.12. The number of carbonyl (C=O) groups is 1. The number of benzene rings is 1. The number of esters is 1. The Morgan fingerprint density at radius 1 is 1.29 bits per heavy atom. The van der Waals surface area contributed by atoms with Crippen molar-refractivity contribution in [1.82, 2.24) is 4.31 Å². The fourth-order valence-corrected chi connectivity index (χ4v) is 4.84. The van der Waals surface area contributed by atoms with Gasteiger partial charge in [-0.2, -0.15) is 4.31 Å². The molecular weight excluding hydrogens is 350 g/mol. The number of aryl methyl sites for hydroxylation is 2. The Hall–Kier alpha value is -1.11. The van der Waals surface area contributed by atoms with E-state index in [-0.39, 0.29) is 5.75 Å². The van der Waals surface area contributed by atoms with Gasteiger partial charge in [-0.05, 0) is 62.8 Å². The fraction of sp³-hybridized carbons (Fsp3) is 0.588. The molecule has 1 aliphatic rings. The maximum Gasteiger partial charge on any atom is 0.329 e. The Morgan fingerprint density at radius 3 is 2.50 bits per heavy atom. The zero-order valence-corrected chi connectivity index (χ0v) is 15.9. The molecule has 1 atom stereocenters. The van der Waals surface area contributed by atoms with E-state index in [9.17, 15) is 13.2 Å². The summed E-state index contributed by atoms with van der Waals surface area (Å²) in [5.41, 5.74) is 1.64. The molecule has 1 unspecified atom stereocenters. The summed E-state index contributed by atoms with van der Waals surface area (Å²) in [5.74, 6) is -0.0658. The SMILES string of the molecule is CCCS(=O)(=O)N1CCCCC1C(=O)Oc1cc(C)c(Cl)c(C)c1. The van der Waals surface area contributed by atoms with Crippen molar-refractivity contribution < 1.29 is 17.9 Å². The molecule has 1 saturated heterocycles. The van der Waals surface area contributed by atoms with E-state index < -0.39 is 22.0 Å². The van der Waals surface area contributed by atoms with Crippen LogP contribution in [0.1, 0.15) is 43.7 Å². The van der Waals surface area contributed by atoms with Gasteiger partial charge in [0.2, 0.25) is 10.0 Å². The summed E-state index contributed by atoms with van der Waals surface area (Å²) in [7, 11) is -3.43. The van der Waals surface area contributed by atoms with Gasteiger partial charge in [-0.25, -0.2) is 13.2 Å². The van der Waals surface area contributed by atoms with Crippen LogP contribution in [0.4, 0.5) is 0 Å². The molecule has 1 heterocycles. The smallest absolute Gasteiger partial charge is 0.329 e. The molecule has 24 heavy (non-hydrogen) atoms. The van der Waals surface area contributed by atoms with Gasteiger partial charge in [0, 0.05) is 11.6 Å². The number of nitrogens with zero attached hydrogens (tertiary/aromatic N) is 1. The largest absolute Gasteiger partial charge is 0.425 e. The zero-order chi connectivity index (χ0) is 17.9. The molecule has 1 aliphatic heterocycles. The van der Waals surface area contributed by atoms with Crippen LogP contribution in [0.3, 0.4) is 0 Å². The molecule has 0 saturated carbocycles. The number of halogens is 1. The van der Waals surface area contributed by atoms with E-state index in [0.717, 1.165) is 24.0 Å². The van der Waals surface area contributed by atoms with Crippen molar-refractivity contribution in [3.8, 4) is 5.75 Å². The molecule has 2 rings (SSSR count). The molecule has 1 aromatic carbocycles. The van der Waals surface area contributed by atoms with E-state index in [1.807, 2.05) is 20.8 Å². The van der Waals surface area contributed by atoms with Crippen molar-refractivity contribution in [3.63, 3.8) is 0 Å². The lowest BCUT2D eigenvalue weighted by molar-refractivity contribution is -0.139. The second kappa shape index (κ2) is 7.85. The number of hydrogen-bond donors (Lipinski definition) is 0. The predicted octanol–water partition coefficient (Wildman–Crippen LogP) is 3.46. The lowest BCUT2D eigenvalue weighted by Gasteiger charge is -2.32. The third-order valence-electron chi connectivity index (χ3n) is 4.17. The molecular formula is C17H24ClNO4S. The molecule has 0 amide bonds. The first-order valence-electron chi connectivity index (χ1n) is 8.24.